The minimum absolute atomic E-state index is 0.129. The number of likely N-dealkylation sites (tertiary alicyclic amines) is 1. The smallest absolute Gasteiger partial charge is 0.172 e. The van der Waals surface area contributed by atoms with Gasteiger partial charge in [-0.1, -0.05) is 12.2 Å². The Labute approximate surface area is 121 Å². The monoisotopic (exact) mass is 329 g/mol. The third kappa shape index (κ3) is 2.78. The minimum Gasteiger partial charge on any atom is -0.503 e. The molecule has 0 amide bonds. The van der Waals surface area contributed by atoms with Crippen LogP contribution in [0.4, 0.5) is 0 Å². The van der Waals surface area contributed by atoms with Crippen molar-refractivity contribution in [2.75, 3.05) is 19.7 Å². The fraction of sp³-hybridized carbons (Fsp3) is 0.462. The van der Waals surface area contributed by atoms with Gasteiger partial charge in [-0.15, -0.1) is 0 Å². The number of halogens is 1. The van der Waals surface area contributed by atoms with Crippen LogP contribution in [0.1, 0.15) is 25.3 Å². The number of phenols is 1. The topological polar surface area (TPSA) is 32.7 Å². The van der Waals surface area contributed by atoms with Crippen LogP contribution in [0.15, 0.2) is 16.6 Å². The van der Waals surface area contributed by atoms with Crippen molar-refractivity contribution in [3.05, 3.63) is 22.2 Å². The maximum atomic E-state index is 9.87. The molecular weight excluding hydrogens is 314 g/mol. The summed E-state index contributed by atoms with van der Waals surface area (Å²) in [4.78, 5) is 3.03. The molecule has 0 aromatic heterocycles. The third-order valence-electron chi connectivity index (χ3n) is 2.97. The van der Waals surface area contributed by atoms with Gasteiger partial charge < -0.3 is 14.7 Å². The number of rotatable bonds is 3. The molecule has 1 fully saturated rings. The number of hydrogen-bond acceptors (Lipinski definition) is 3. The van der Waals surface area contributed by atoms with E-state index in [0.717, 1.165) is 23.6 Å². The number of thiocarbonyl (C=S) groups is 1. The lowest BCUT2D eigenvalue weighted by molar-refractivity contribution is 0.317. The fourth-order valence-corrected chi connectivity index (χ4v) is 2.81. The predicted octanol–water partition coefficient (Wildman–Crippen LogP) is 3.32. The molecule has 18 heavy (non-hydrogen) atoms. The van der Waals surface area contributed by atoms with E-state index in [1.807, 2.05) is 19.1 Å². The lowest BCUT2D eigenvalue weighted by Gasteiger charge is -2.19. The molecule has 1 aliphatic rings. The van der Waals surface area contributed by atoms with Crippen LogP contribution in [0.25, 0.3) is 0 Å². The number of ether oxygens (including phenoxy) is 1. The van der Waals surface area contributed by atoms with Crippen molar-refractivity contribution in [1.82, 2.24) is 4.90 Å². The number of phenolic OH excluding ortho intramolecular Hbond substituents is 1. The zero-order valence-corrected chi connectivity index (χ0v) is 12.7. The van der Waals surface area contributed by atoms with E-state index in [4.69, 9.17) is 17.0 Å². The van der Waals surface area contributed by atoms with Crippen LogP contribution >= 0.6 is 28.1 Å². The molecule has 1 aromatic rings. The first-order chi connectivity index (χ1) is 8.63. The molecule has 0 saturated carbocycles. The SMILES string of the molecule is CCOc1cc(C(=S)N2CCCC2)cc(Br)c1O. The average molecular weight is 330 g/mol. The number of benzene rings is 1. The van der Waals surface area contributed by atoms with Gasteiger partial charge in [0.15, 0.2) is 11.5 Å². The Hall–Kier alpha value is -0.810. The highest BCUT2D eigenvalue weighted by Crippen LogP contribution is 2.36. The zero-order chi connectivity index (χ0) is 13.1. The molecule has 1 aromatic carbocycles. The minimum atomic E-state index is 0.129. The molecule has 5 heteroatoms. The molecule has 1 saturated heterocycles. The second-order valence-electron chi connectivity index (χ2n) is 4.24. The highest BCUT2D eigenvalue weighted by molar-refractivity contribution is 9.10. The van der Waals surface area contributed by atoms with E-state index in [0.29, 0.717) is 16.8 Å². The highest BCUT2D eigenvalue weighted by Gasteiger charge is 2.18. The van der Waals surface area contributed by atoms with Gasteiger partial charge in [0.2, 0.25) is 0 Å². The first-order valence-electron chi connectivity index (χ1n) is 6.08. The molecule has 0 atom stereocenters. The quantitative estimate of drug-likeness (QED) is 0.862. The normalized spacial score (nSPS) is 14.9. The number of hydrogen-bond donors (Lipinski definition) is 1. The van der Waals surface area contributed by atoms with E-state index >= 15 is 0 Å². The molecule has 0 spiro atoms. The molecule has 0 aliphatic carbocycles. The average Bonchev–Trinajstić information content (AvgIpc) is 2.87. The van der Waals surface area contributed by atoms with Crippen molar-refractivity contribution >= 4 is 33.1 Å². The van der Waals surface area contributed by atoms with Gasteiger partial charge in [-0.25, -0.2) is 0 Å². The summed E-state index contributed by atoms with van der Waals surface area (Å²) in [6, 6.07) is 3.66. The number of aromatic hydroxyl groups is 1. The lowest BCUT2D eigenvalue weighted by atomic mass is 10.2. The van der Waals surface area contributed by atoms with Crippen LogP contribution in [0.3, 0.4) is 0 Å². The lowest BCUT2D eigenvalue weighted by Crippen LogP contribution is -2.26. The van der Waals surface area contributed by atoms with Gasteiger partial charge in [-0.2, -0.15) is 0 Å². The molecule has 0 bridgehead atoms. The van der Waals surface area contributed by atoms with Gasteiger partial charge in [0.1, 0.15) is 4.99 Å². The van der Waals surface area contributed by atoms with Gasteiger partial charge in [-0.05, 0) is 47.8 Å². The van der Waals surface area contributed by atoms with Gasteiger partial charge in [0.25, 0.3) is 0 Å². The first-order valence-corrected chi connectivity index (χ1v) is 7.28. The van der Waals surface area contributed by atoms with Crippen LogP contribution in [-0.4, -0.2) is 34.7 Å². The molecule has 3 nitrogen and oxygen atoms in total. The zero-order valence-electron chi connectivity index (χ0n) is 10.3. The maximum Gasteiger partial charge on any atom is 0.172 e. The van der Waals surface area contributed by atoms with Gasteiger partial charge in [0, 0.05) is 18.7 Å². The van der Waals surface area contributed by atoms with Crippen molar-refractivity contribution in [2.24, 2.45) is 0 Å². The molecular formula is C13H16BrNO2S. The van der Waals surface area contributed by atoms with E-state index in [9.17, 15) is 5.11 Å². The summed E-state index contributed by atoms with van der Waals surface area (Å²) in [7, 11) is 0. The van der Waals surface area contributed by atoms with Crippen LogP contribution in [0.5, 0.6) is 11.5 Å². The summed E-state index contributed by atoms with van der Waals surface area (Å²) in [5.74, 6) is 0.605. The molecule has 0 unspecified atom stereocenters. The van der Waals surface area contributed by atoms with Crippen LogP contribution in [0, 0.1) is 0 Å². The van der Waals surface area contributed by atoms with E-state index < -0.39 is 0 Å². The van der Waals surface area contributed by atoms with Crippen molar-refractivity contribution in [3.63, 3.8) is 0 Å². The summed E-state index contributed by atoms with van der Waals surface area (Å²) in [6.07, 6.45) is 2.38. The Kier molecular flexibility index (Phi) is 4.45. The Morgan fingerprint density at radius 3 is 2.72 bits per heavy atom. The highest BCUT2D eigenvalue weighted by atomic mass is 79.9. The Morgan fingerprint density at radius 2 is 2.11 bits per heavy atom. The van der Waals surface area contributed by atoms with Crippen molar-refractivity contribution in [2.45, 2.75) is 19.8 Å². The summed E-state index contributed by atoms with van der Waals surface area (Å²) in [5.41, 5.74) is 0.917. The van der Waals surface area contributed by atoms with Gasteiger partial charge in [0.05, 0.1) is 11.1 Å². The summed E-state index contributed by atoms with van der Waals surface area (Å²) < 4.78 is 6.03. The first kappa shape index (κ1) is 13.6. The molecule has 98 valence electrons. The molecule has 1 heterocycles. The van der Waals surface area contributed by atoms with E-state index in [1.54, 1.807) is 0 Å². The number of nitrogens with zero attached hydrogens (tertiary/aromatic N) is 1. The molecule has 0 radical (unpaired) electrons. The van der Waals surface area contributed by atoms with Crippen LogP contribution < -0.4 is 4.74 Å². The third-order valence-corrected chi connectivity index (χ3v) is 4.07. The van der Waals surface area contributed by atoms with Crippen molar-refractivity contribution < 1.29 is 9.84 Å². The summed E-state index contributed by atoms with van der Waals surface area (Å²) >= 11 is 8.83. The molecule has 1 N–H and O–H groups in total. The standard InChI is InChI=1S/C13H16BrNO2S/c1-2-17-11-8-9(7-10(14)12(11)16)13(18)15-5-3-4-6-15/h7-8,16H,2-6H2,1H3. The van der Waals surface area contributed by atoms with Crippen LogP contribution in [0.2, 0.25) is 0 Å². The molecule has 2 rings (SSSR count). The molecule has 1 aliphatic heterocycles. The van der Waals surface area contributed by atoms with Gasteiger partial charge in [-0.3, -0.25) is 0 Å². The largest absolute Gasteiger partial charge is 0.503 e. The Bertz CT molecular complexity index is 459. The van der Waals surface area contributed by atoms with Gasteiger partial charge >= 0.3 is 0 Å². The maximum absolute atomic E-state index is 9.87. The Balaban J connectivity index is 2.29. The Morgan fingerprint density at radius 1 is 1.44 bits per heavy atom. The van der Waals surface area contributed by atoms with E-state index in [-0.39, 0.29) is 5.75 Å². The van der Waals surface area contributed by atoms with E-state index in [2.05, 4.69) is 20.8 Å². The summed E-state index contributed by atoms with van der Waals surface area (Å²) in [5, 5.41) is 9.87. The predicted molar refractivity (Wildman–Crippen MR) is 79.5 cm³/mol. The van der Waals surface area contributed by atoms with Crippen LogP contribution in [-0.2, 0) is 0 Å². The van der Waals surface area contributed by atoms with Crippen molar-refractivity contribution in [1.29, 1.82) is 0 Å². The fourth-order valence-electron chi connectivity index (χ4n) is 2.07. The second-order valence-corrected chi connectivity index (χ2v) is 5.48. The second kappa shape index (κ2) is 5.89. The van der Waals surface area contributed by atoms with Crippen molar-refractivity contribution in [3.8, 4) is 11.5 Å². The van der Waals surface area contributed by atoms with E-state index in [1.165, 1.54) is 12.8 Å². The summed E-state index contributed by atoms with van der Waals surface area (Å²) in [6.45, 7) is 4.43.